The normalized spacial score (nSPS) is 12.2. The Morgan fingerprint density at radius 1 is 1.42 bits per heavy atom. The van der Waals surface area contributed by atoms with E-state index in [1.807, 2.05) is 0 Å². The molecule has 0 bridgehead atoms. The fourth-order valence-corrected chi connectivity index (χ4v) is 1.67. The first-order chi connectivity index (χ1) is 9.06. The average molecular weight is 273 g/mol. The fourth-order valence-electron chi connectivity index (χ4n) is 1.67. The molecule has 1 rings (SSSR count). The summed E-state index contributed by atoms with van der Waals surface area (Å²) in [6, 6.07) is 3.03. The van der Waals surface area contributed by atoms with Crippen molar-refractivity contribution < 1.29 is 23.4 Å². The van der Waals surface area contributed by atoms with Crippen molar-refractivity contribution in [1.82, 2.24) is 5.32 Å². The monoisotopic (exact) mass is 273 g/mol. The summed E-state index contributed by atoms with van der Waals surface area (Å²) in [6.07, 6.45) is 0.320. The number of aliphatic hydroxyl groups is 1. The summed E-state index contributed by atoms with van der Waals surface area (Å²) in [5.41, 5.74) is 0.386. The number of aliphatic hydroxyl groups excluding tert-OH is 1. The molecule has 1 aromatic rings. The SMILES string of the molecule is COCC(CCO)NC(=O)Cc1ccc(F)c(F)c1. The van der Waals surface area contributed by atoms with Crippen LogP contribution in [0.4, 0.5) is 8.78 Å². The van der Waals surface area contributed by atoms with Crippen LogP contribution in [0.25, 0.3) is 0 Å². The lowest BCUT2D eigenvalue weighted by Crippen LogP contribution is -2.39. The van der Waals surface area contributed by atoms with Gasteiger partial charge >= 0.3 is 0 Å². The minimum absolute atomic E-state index is 0.0527. The van der Waals surface area contributed by atoms with Crippen molar-refractivity contribution in [2.45, 2.75) is 18.9 Å². The summed E-state index contributed by atoms with van der Waals surface area (Å²) in [5, 5.41) is 11.5. The number of halogens is 2. The molecule has 1 unspecified atom stereocenters. The van der Waals surface area contributed by atoms with Gasteiger partial charge in [-0.15, -0.1) is 0 Å². The third-order valence-electron chi connectivity index (χ3n) is 2.56. The van der Waals surface area contributed by atoms with E-state index in [0.717, 1.165) is 12.1 Å². The second kappa shape index (κ2) is 7.81. The molecule has 0 aliphatic carbocycles. The number of carbonyl (C=O) groups is 1. The van der Waals surface area contributed by atoms with Crippen LogP contribution >= 0.6 is 0 Å². The number of methoxy groups -OCH3 is 1. The smallest absolute Gasteiger partial charge is 0.224 e. The van der Waals surface area contributed by atoms with Crippen LogP contribution in [0.3, 0.4) is 0 Å². The molecule has 1 aromatic carbocycles. The van der Waals surface area contributed by atoms with Gasteiger partial charge in [0.25, 0.3) is 0 Å². The lowest BCUT2D eigenvalue weighted by atomic mass is 10.1. The van der Waals surface area contributed by atoms with E-state index >= 15 is 0 Å². The maximum Gasteiger partial charge on any atom is 0.224 e. The quantitative estimate of drug-likeness (QED) is 0.780. The van der Waals surface area contributed by atoms with E-state index in [1.165, 1.54) is 13.2 Å². The van der Waals surface area contributed by atoms with Crippen LogP contribution in [0.15, 0.2) is 18.2 Å². The molecule has 106 valence electrons. The van der Waals surface area contributed by atoms with E-state index in [-0.39, 0.29) is 31.6 Å². The van der Waals surface area contributed by atoms with Gasteiger partial charge in [-0.25, -0.2) is 8.78 Å². The maximum atomic E-state index is 13.0. The molecule has 1 amide bonds. The minimum Gasteiger partial charge on any atom is -0.396 e. The van der Waals surface area contributed by atoms with Crippen LogP contribution in [0.1, 0.15) is 12.0 Å². The zero-order valence-electron chi connectivity index (χ0n) is 10.7. The van der Waals surface area contributed by atoms with E-state index in [1.54, 1.807) is 0 Å². The summed E-state index contributed by atoms with van der Waals surface area (Å²) in [4.78, 5) is 11.7. The Labute approximate surface area is 110 Å². The Hall–Kier alpha value is -1.53. The Balaban J connectivity index is 2.55. The molecule has 0 aliphatic rings. The molecule has 19 heavy (non-hydrogen) atoms. The molecule has 1 atom stereocenters. The van der Waals surface area contributed by atoms with Crippen LogP contribution < -0.4 is 5.32 Å². The molecule has 0 spiro atoms. The Bertz CT molecular complexity index is 420. The van der Waals surface area contributed by atoms with Crippen LogP contribution in [-0.2, 0) is 16.0 Å². The molecule has 0 heterocycles. The van der Waals surface area contributed by atoms with Crippen LogP contribution in [0.5, 0.6) is 0 Å². The summed E-state index contributed by atoms with van der Waals surface area (Å²) in [5.74, 6) is -2.25. The topological polar surface area (TPSA) is 58.6 Å². The van der Waals surface area contributed by atoms with Crippen molar-refractivity contribution in [3.63, 3.8) is 0 Å². The molecule has 0 saturated heterocycles. The number of ether oxygens (including phenoxy) is 1. The van der Waals surface area contributed by atoms with Crippen molar-refractivity contribution >= 4 is 5.91 Å². The molecule has 2 N–H and O–H groups in total. The number of benzene rings is 1. The number of hydrogen-bond donors (Lipinski definition) is 2. The number of rotatable bonds is 7. The van der Waals surface area contributed by atoms with Gasteiger partial charge in [-0.05, 0) is 24.1 Å². The highest BCUT2D eigenvalue weighted by Gasteiger charge is 2.13. The highest BCUT2D eigenvalue weighted by atomic mass is 19.2. The standard InChI is InChI=1S/C13H17F2NO3/c1-19-8-10(4-5-17)16-13(18)7-9-2-3-11(14)12(15)6-9/h2-3,6,10,17H,4-5,7-8H2,1H3,(H,16,18). The molecule has 0 aromatic heterocycles. The second-order valence-electron chi connectivity index (χ2n) is 4.16. The van der Waals surface area contributed by atoms with Crippen molar-refractivity contribution in [2.24, 2.45) is 0 Å². The highest BCUT2D eigenvalue weighted by Crippen LogP contribution is 2.09. The molecule has 0 saturated carbocycles. The summed E-state index contributed by atoms with van der Waals surface area (Å²) >= 11 is 0. The summed E-state index contributed by atoms with van der Waals surface area (Å²) < 4.78 is 30.6. The zero-order chi connectivity index (χ0) is 14.3. The molecular weight excluding hydrogens is 256 g/mol. The average Bonchev–Trinajstić information content (AvgIpc) is 2.34. The second-order valence-corrected chi connectivity index (χ2v) is 4.16. The first-order valence-corrected chi connectivity index (χ1v) is 5.90. The fraction of sp³-hybridized carbons (Fsp3) is 0.462. The van der Waals surface area contributed by atoms with Crippen LogP contribution in [-0.4, -0.2) is 37.4 Å². The number of amides is 1. The zero-order valence-corrected chi connectivity index (χ0v) is 10.7. The largest absolute Gasteiger partial charge is 0.396 e. The van der Waals surface area contributed by atoms with Crippen LogP contribution in [0, 0.1) is 11.6 Å². The van der Waals surface area contributed by atoms with Gasteiger partial charge in [0.2, 0.25) is 5.91 Å². The van der Waals surface area contributed by atoms with E-state index < -0.39 is 11.6 Å². The number of nitrogens with one attached hydrogen (secondary N) is 1. The van der Waals surface area contributed by atoms with Crippen molar-refractivity contribution in [1.29, 1.82) is 0 Å². The third kappa shape index (κ3) is 5.32. The molecule has 6 heteroatoms. The van der Waals surface area contributed by atoms with Crippen LogP contribution in [0.2, 0.25) is 0 Å². The van der Waals surface area contributed by atoms with Gasteiger partial charge in [-0.1, -0.05) is 6.07 Å². The molecule has 4 nitrogen and oxygen atoms in total. The Morgan fingerprint density at radius 3 is 2.74 bits per heavy atom. The summed E-state index contributed by atoms with van der Waals surface area (Å²) in [6.45, 7) is 0.212. The van der Waals surface area contributed by atoms with E-state index in [4.69, 9.17) is 9.84 Å². The van der Waals surface area contributed by atoms with Gasteiger partial charge in [0.05, 0.1) is 19.1 Å². The Kier molecular flexibility index (Phi) is 6.38. The van der Waals surface area contributed by atoms with Gasteiger partial charge in [0.15, 0.2) is 11.6 Å². The van der Waals surface area contributed by atoms with Gasteiger partial charge in [0.1, 0.15) is 0 Å². The summed E-state index contributed by atoms with van der Waals surface area (Å²) in [7, 11) is 1.49. The van der Waals surface area contributed by atoms with E-state index in [2.05, 4.69) is 5.32 Å². The number of hydrogen-bond acceptors (Lipinski definition) is 3. The highest BCUT2D eigenvalue weighted by molar-refractivity contribution is 5.78. The van der Waals surface area contributed by atoms with Crippen molar-refractivity contribution in [3.05, 3.63) is 35.4 Å². The van der Waals surface area contributed by atoms with Crippen molar-refractivity contribution in [2.75, 3.05) is 20.3 Å². The van der Waals surface area contributed by atoms with Gasteiger partial charge in [-0.3, -0.25) is 4.79 Å². The predicted octanol–water partition coefficient (Wildman–Crippen LogP) is 1.02. The number of carbonyl (C=O) groups excluding carboxylic acids is 1. The molecule has 0 fully saturated rings. The van der Waals surface area contributed by atoms with Gasteiger partial charge in [-0.2, -0.15) is 0 Å². The maximum absolute atomic E-state index is 13.0. The van der Waals surface area contributed by atoms with E-state index in [0.29, 0.717) is 12.0 Å². The lowest BCUT2D eigenvalue weighted by Gasteiger charge is -2.16. The third-order valence-corrected chi connectivity index (χ3v) is 2.56. The van der Waals surface area contributed by atoms with Gasteiger partial charge in [0, 0.05) is 13.7 Å². The minimum atomic E-state index is -0.978. The van der Waals surface area contributed by atoms with Gasteiger partial charge < -0.3 is 15.2 Å². The predicted molar refractivity (Wildman–Crippen MR) is 65.6 cm³/mol. The molecule has 0 radical (unpaired) electrons. The molecular formula is C13H17F2NO3. The first-order valence-electron chi connectivity index (χ1n) is 5.90. The van der Waals surface area contributed by atoms with Crippen molar-refractivity contribution in [3.8, 4) is 0 Å². The lowest BCUT2D eigenvalue weighted by molar-refractivity contribution is -0.121. The first kappa shape index (κ1) is 15.5. The molecule has 0 aliphatic heterocycles. The van der Waals surface area contributed by atoms with E-state index in [9.17, 15) is 13.6 Å². The Morgan fingerprint density at radius 2 is 2.16 bits per heavy atom.